The van der Waals surface area contributed by atoms with Gasteiger partial charge in [0.1, 0.15) is 0 Å². The van der Waals surface area contributed by atoms with Crippen molar-refractivity contribution in [2.75, 3.05) is 13.3 Å². The van der Waals surface area contributed by atoms with Gasteiger partial charge in [-0.1, -0.05) is 0 Å². The van der Waals surface area contributed by atoms with Crippen LogP contribution in [0.4, 0.5) is 0 Å². The van der Waals surface area contributed by atoms with E-state index in [1.807, 2.05) is 6.07 Å². The van der Waals surface area contributed by atoms with E-state index in [1.165, 1.54) is 0 Å². The highest BCUT2D eigenvalue weighted by molar-refractivity contribution is 5.94. The zero-order chi connectivity index (χ0) is 13.1. The van der Waals surface area contributed by atoms with Crippen molar-refractivity contribution in [1.82, 2.24) is 5.32 Å². The Morgan fingerprint density at radius 2 is 2.11 bits per heavy atom. The summed E-state index contributed by atoms with van der Waals surface area (Å²) in [6, 6.07) is 7.04. The molecule has 0 radical (unpaired) electrons. The van der Waals surface area contributed by atoms with Gasteiger partial charge >= 0.3 is 0 Å². The first-order valence-electron chi connectivity index (χ1n) is 6.02. The number of carbonyl (C=O) groups excluding carboxylic acids is 1. The smallest absolute Gasteiger partial charge is 0.251 e. The van der Waals surface area contributed by atoms with E-state index in [-0.39, 0.29) is 12.7 Å². The van der Waals surface area contributed by atoms with E-state index in [1.54, 1.807) is 30.7 Å². The Labute approximate surface area is 110 Å². The summed E-state index contributed by atoms with van der Waals surface area (Å²) in [4.78, 5) is 11.9. The molecule has 1 aromatic heterocycles. The van der Waals surface area contributed by atoms with Gasteiger partial charge < -0.3 is 19.2 Å². The Balaban J connectivity index is 1.58. The number of amides is 1. The van der Waals surface area contributed by atoms with Crippen LogP contribution >= 0.6 is 0 Å². The van der Waals surface area contributed by atoms with E-state index < -0.39 is 0 Å². The minimum atomic E-state index is -0.123. The fraction of sp³-hybridized carbons (Fsp3) is 0.214. The number of carbonyl (C=O) groups is 1. The second-order valence-corrected chi connectivity index (χ2v) is 4.21. The lowest BCUT2D eigenvalue weighted by atomic mass is 10.2. The normalized spacial score (nSPS) is 12.4. The number of hydrogen-bond acceptors (Lipinski definition) is 4. The lowest BCUT2D eigenvalue weighted by molar-refractivity contribution is 0.0953. The third-order valence-electron chi connectivity index (χ3n) is 2.91. The standard InChI is InChI=1S/C14H13NO4/c16-14(15-5-3-10-4-6-17-8-10)11-1-2-12-13(7-11)19-9-18-12/h1-2,4,6-8H,3,5,9H2,(H,15,16). The van der Waals surface area contributed by atoms with E-state index in [2.05, 4.69) is 5.32 Å². The first-order valence-corrected chi connectivity index (χ1v) is 6.02. The van der Waals surface area contributed by atoms with Gasteiger partial charge in [0.15, 0.2) is 11.5 Å². The second-order valence-electron chi connectivity index (χ2n) is 4.21. The molecule has 5 heteroatoms. The number of hydrogen-bond donors (Lipinski definition) is 1. The Bertz CT molecular complexity index is 577. The van der Waals surface area contributed by atoms with Crippen molar-refractivity contribution in [3.05, 3.63) is 47.9 Å². The van der Waals surface area contributed by atoms with Crippen LogP contribution in [0.2, 0.25) is 0 Å². The van der Waals surface area contributed by atoms with Gasteiger partial charge in [0, 0.05) is 12.1 Å². The number of furan rings is 1. The zero-order valence-corrected chi connectivity index (χ0v) is 10.2. The third kappa shape index (κ3) is 2.54. The van der Waals surface area contributed by atoms with E-state index in [9.17, 15) is 4.79 Å². The van der Waals surface area contributed by atoms with Gasteiger partial charge in [0.2, 0.25) is 6.79 Å². The van der Waals surface area contributed by atoms with Gasteiger partial charge in [-0.15, -0.1) is 0 Å². The maximum atomic E-state index is 11.9. The van der Waals surface area contributed by atoms with E-state index in [0.29, 0.717) is 23.6 Å². The highest BCUT2D eigenvalue weighted by Crippen LogP contribution is 2.32. The molecule has 1 aliphatic rings. The summed E-state index contributed by atoms with van der Waals surface area (Å²) in [7, 11) is 0. The van der Waals surface area contributed by atoms with Gasteiger partial charge in [-0.25, -0.2) is 0 Å². The van der Waals surface area contributed by atoms with Crippen LogP contribution in [0.1, 0.15) is 15.9 Å². The molecule has 0 bridgehead atoms. The lowest BCUT2D eigenvalue weighted by Crippen LogP contribution is -2.25. The molecular weight excluding hydrogens is 246 g/mol. The molecule has 0 saturated heterocycles. The minimum absolute atomic E-state index is 0.123. The topological polar surface area (TPSA) is 60.7 Å². The summed E-state index contributed by atoms with van der Waals surface area (Å²) in [6.07, 6.45) is 4.04. The molecule has 1 N–H and O–H groups in total. The molecule has 5 nitrogen and oxygen atoms in total. The average Bonchev–Trinajstić information content (AvgIpc) is 3.08. The number of fused-ring (bicyclic) bond motifs is 1. The molecule has 0 saturated carbocycles. The van der Waals surface area contributed by atoms with E-state index >= 15 is 0 Å². The summed E-state index contributed by atoms with van der Waals surface area (Å²) in [6.45, 7) is 0.772. The molecule has 0 unspecified atom stereocenters. The minimum Gasteiger partial charge on any atom is -0.472 e. The molecule has 2 heterocycles. The van der Waals surface area contributed by atoms with Crippen molar-refractivity contribution in [2.24, 2.45) is 0 Å². The van der Waals surface area contributed by atoms with Crippen molar-refractivity contribution >= 4 is 5.91 Å². The fourth-order valence-electron chi connectivity index (χ4n) is 1.90. The van der Waals surface area contributed by atoms with E-state index in [0.717, 1.165) is 12.0 Å². The summed E-state index contributed by atoms with van der Waals surface area (Å²) in [5.74, 6) is 1.17. The summed E-state index contributed by atoms with van der Waals surface area (Å²) < 4.78 is 15.4. The molecule has 1 aliphatic heterocycles. The molecule has 0 aliphatic carbocycles. The fourth-order valence-corrected chi connectivity index (χ4v) is 1.90. The van der Waals surface area contributed by atoms with Crippen molar-refractivity contribution < 1.29 is 18.7 Å². The van der Waals surface area contributed by atoms with Gasteiger partial charge in [0.05, 0.1) is 12.5 Å². The third-order valence-corrected chi connectivity index (χ3v) is 2.91. The SMILES string of the molecule is O=C(NCCc1ccoc1)c1ccc2c(c1)OCO2. The largest absolute Gasteiger partial charge is 0.472 e. The van der Waals surface area contributed by atoms with Crippen molar-refractivity contribution in [2.45, 2.75) is 6.42 Å². The number of benzene rings is 1. The van der Waals surface area contributed by atoms with Gasteiger partial charge in [-0.3, -0.25) is 4.79 Å². The second kappa shape index (κ2) is 5.06. The van der Waals surface area contributed by atoms with Crippen LogP contribution in [-0.2, 0) is 6.42 Å². The van der Waals surface area contributed by atoms with Crippen LogP contribution in [0.25, 0.3) is 0 Å². The molecule has 0 atom stereocenters. The summed E-state index contributed by atoms with van der Waals surface area (Å²) in [5.41, 5.74) is 1.63. The first kappa shape index (κ1) is 11.6. The van der Waals surface area contributed by atoms with Crippen molar-refractivity contribution in [3.8, 4) is 11.5 Å². The van der Waals surface area contributed by atoms with E-state index in [4.69, 9.17) is 13.9 Å². The Morgan fingerprint density at radius 1 is 1.21 bits per heavy atom. The van der Waals surface area contributed by atoms with Crippen LogP contribution in [-0.4, -0.2) is 19.2 Å². The number of nitrogens with one attached hydrogen (secondary N) is 1. The monoisotopic (exact) mass is 259 g/mol. The van der Waals surface area contributed by atoms with Crippen LogP contribution in [0.5, 0.6) is 11.5 Å². The van der Waals surface area contributed by atoms with Gasteiger partial charge in [0.25, 0.3) is 5.91 Å². The maximum absolute atomic E-state index is 11.9. The number of ether oxygens (including phenoxy) is 2. The predicted octanol–water partition coefficient (Wildman–Crippen LogP) is 1.98. The lowest BCUT2D eigenvalue weighted by Gasteiger charge is -2.05. The molecular formula is C14H13NO4. The molecule has 1 amide bonds. The zero-order valence-electron chi connectivity index (χ0n) is 10.2. The van der Waals surface area contributed by atoms with Gasteiger partial charge in [-0.05, 0) is 36.2 Å². The summed E-state index contributed by atoms with van der Waals surface area (Å²) >= 11 is 0. The Hall–Kier alpha value is -2.43. The van der Waals surface area contributed by atoms with Crippen molar-refractivity contribution in [1.29, 1.82) is 0 Å². The predicted molar refractivity (Wildman–Crippen MR) is 67.3 cm³/mol. The maximum Gasteiger partial charge on any atom is 0.251 e. The summed E-state index contributed by atoms with van der Waals surface area (Å²) in [5, 5.41) is 2.85. The van der Waals surface area contributed by atoms with Crippen molar-refractivity contribution in [3.63, 3.8) is 0 Å². The van der Waals surface area contributed by atoms with Crippen LogP contribution < -0.4 is 14.8 Å². The van der Waals surface area contributed by atoms with Gasteiger partial charge in [-0.2, -0.15) is 0 Å². The molecule has 2 aromatic rings. The molecule has 0 spiro atoms. The highest BCUT2D eigenvalue weighted by Gasteiger charge is 2.15. The Morgan fingerprint density at radius 3 is 2.95 bits per heavy atom. The molecule has 3 rings (SSSR count). The highest BCUT2D eigenvalue weighted by atomic mass is 16.7. The van der Waals surface area contributed by atoms with Crippen LogP contribution in [0.3, 0.4) is 0 Å². The Kier molecular flexibility index (Phi) is 3.10. The molecule has 19 heavy (non-hydrogen) atoms. The quantitative estimate of drug-likeness (QED) is 0.912. The molecule has 98 valence electrons. The first-order chi connectivity index (χ1) is 9.33. The van der Waals surface area contributed by atoms with Crippen LogP contribution in [0, 0.1) is 0 Å². The number of rotatable bonds is 4. The average molecular weight is 259 g/mol. The molecule has 1 aromatic carbocycles. The molecule has 0 fully saturated rings. The van der Waals surface area contributed by atoms with Crippen LogP contribution in [0.15, 0.2) is 41.2 Å².